The van der Waals surface area contributed by atoms with E-state index in [1.54, 1.807) is 20.8 Å². The number of ether oxygens (including phenoxy) is 4. The van der Waals surface area contributed by atoms with Crippen LogP contribution in [0.1, 0.15) is 89.6 Å². The molecule has 1 saturated heterocycles. The number of benzene rings is 2. The van der Waals surface area contributed by atoms with Crippen molar-refractivity contribution in [3.8, 4) is 17.2 Å². The number of aliphatic hydroxyl groups excluding tert-OH is 2. The van der Waals surface area contributed by atoms with Crippen LogP contribution < -0.4 is 10.1 Å². The second-order valence-corrected chi connectivity index (χ2v) is 12.7. The molecule has 6 N–H and O–H groups in total. The normalized spacial score (nSPS) is 27.3. The fourth-order valence-corrected chi connectivity index (χ4v) is 6.32. The monoisotopic (exact) mass is 643 g/mol. The third-order valence-corrected chi connectivity index (χ3v) is 8.46. The van der Waals surface area contributed by atoms with Crippen LogP contribution in [0.25, 0.3) is 0 Å². The Hall–Kier alpha value is -4.08. The molecule has 1 fully saturated rings. The van der Waals surface area contributed by atoms with Crippen molar-refractivity contribution in [1.82, 2.24) is 5.32 Å². The first-order chi connectivity index (χ1) is 21.5. The highest BCUT2D eigenvalue weighted by Crippen LogP contribution is 2.52. The maximum Gasteiger partial charge on any atom is 0.407 e. The molecule has 1 amide bonds. The van der Waals surface area contributed by atoms with Crippen molar-refractivity contribution in [2.75, 3.05) is 13.7 Å². The second-order valence-electron chi connectivity index (χ2n) is 12.7. The zero-order valence-electron chi connectivity index (χ0n) is 25.9. The first kappa shape index (κ1) is 33.3. The molecule has 14 heteroatoms. The Kier molecular flexibility index (Phi) is 8.64. The van der Waals surface area contributed by atoms with E-state index in [0.29, 0.717) is 0 Å². The summed E-state index contributed by atoms with van der Waals surface area (Å²) < 4.78 is 22.6. The number of phenolic OH excluding ortho intramolecular Hbond substituents is 2. The Morgan fingerprint density at radius 2 is 1.76 bits per heavy atom. The van der Waals surface area contributed by atoms with Gasteiger partial charge < -0.3 is 49.8 Å². The molecular weight excluding hydrogens is 606 g/mol. The van der Waals surface area contributed by atoms with Crippen LogP contribution in [0.4, 0.5) is 4.79 Å². The average molecular weight is 644 g/mol. The molecule has 4 unspecified atom stereocenters. The summed E-state index contributed by atoms with van der Waals surface area (Å²) in [6.45, 7) is 5.48. The van der Waals surface area contributed by atoms with Gasteiger partial charge in [0.05, 0.1) is 42.0 Å². The van der Waals surface area contributed by atoms with Gasteiger partial charge in [0.15, 0.2) is 17.9 Å². The molecule has 0 saturated carbocycles. The van der Waals surface area contributed by atoms with Crippen molar-refractivity contribution in [3.05, 3.63) is 51.6 Å². The lowest BCUT2D eigenvalue weighted by atomic mass is 9.72. The standard InChI is InChI=1S/C32H37NO13/c1-13-25(36)16(33-30(41)46-31(2,3)4)9-20(44-13)45-18-11-32(42,19(35)12-34)10-15-22(18)29(40)24-23(27(15)38)26(37)14-7-6-8-17(43-5)21(14)28(24)39/h6-8,13,16,18,20,25,34,36,38,40,42H,9-12H2,1-5H3,(H,33,41)/t13?,16?,18-,20?,25?,32-/m0/s1. The van der Waals surface area contributed by atoms with Gasteiger partial charge in [-0.2, -0.15) is 0 Å². The molecule has 2 aromatic carbocycles. The summed E-state index contributed by atoms with van der Waals surface area (Å²) in [5.74, 6) is -4.01. The van der Waals surface area contributed by atoms with Gasteiger partial charge in [-0.15, -0.1) is 0 Å². The maximum absolute atomic E-state index is 13.8. The van der Waals surface area contributed by atoms with Crippen LogP contribution in [0.3, 0.4) is 0 Å². The number of rotatable bonds is 6. The topological polar surface area (TPSA) is 218 Å². The van der Waals surface area contributed by atoms with Crippen molar-refractivity contribution in [2.24, 2.45) is 0 Å². The zero-order chi connectivity index (χ0) is 33.9. The lowest BCUT2D eigenvalue weighted by molar-refractivity contribution is -0.249. The number of carbonyl (C=O) groups excluding carboxylic acids is 4. The minimum atomic E-state index is -2.32. The number of fused-ring (bicyclic) bond motifs is 3. The first-order valence-electron chi connectivity index (χ1n) is 14.7. The minimum Gasteiger partial charge on any atom is -0.507 e. The molecular formula is C32H37NO13. The Labute approximate surface area is 263 Å². The quantitative estimate of drug-likeness (QED) is 0.210. The Morgan fingerprint density at radius 3 is 2.39 bits per heavy atom. The molecule has 2 aromatic rings. The average Bonchev–Trinajstić information content (AvgIpc) is 2.98. The number of Topliss-reactive ketones (excluding diaryl/α,β-unsaturated/α-hetero) is 1. The van der Waals surface area contributed by atoms with Crippen molar-refractivity contribution in [2.45, 2.75) is 88.8 Å². The van der Waals surface area contributed by atoms with Crippen molar-refractivity contribution in [1.29, 1.82) is 0 Å². The van der Waals surface area contributed by atoms with Gasteiger partial charge in [0, 0.05) is 36.0 Å². The van der Waals surface area contributed by atoms with Gasteiger partial charge in [-0.05, 0) is 33.8 Å². The maximum atomic E-state index is 13.8. The van der Waals surface area contributed by atoms with Crippen LogP contribution in [0.2, 0.25) is 0 Å². The van der Waals surface area contributed by atoms with Gasteiger partial charge in [0.25, 0.3) is 0 Å². The molecule has 0 bridgehead atoms. The number of alkyl carbamates (subject to hydrolysis) is 1. The predicted molar refractivity (Wildman–Crippen MR) is 157 cm³/mol. The van der Waals surface area contributed by atoms with Gasteiger partial charge in [0.1, 0.15) is 41.2 Å². The first-order valence-corrected chi connectivity index (χ1v) is 14.7. The molecule has 2 aliphatic carbocycles. The molecule has 1 aliphatic heterocycles. The van der Waals surface area contributed by atoms with Crippen LogP contribution in [0.5, 0.6) is 17.2 Å². The Balaban J connectivity index is 1.58. The molecule has 46 heavy (non-hydrogen) atoms. The van der Waals surface area contributed by atoms with E-state index < -0.39 is 107 Å². The van der Waals surface area contributed by atoms with Gasteiger partial charge in [-0.25, -0.2) is 4.79 Å². The number of hydrogen-bond donors (Lipinski definition) is 6. The number of ketones is 3. The molecule has 248 valence electrons. The summed E-state index contributed by atoms with van der Waals surface area (Å²) in [5, 5.41) is 57.5. The van der Waals surface area contributed by atoms with E-state index >= 15 is 0 Å². The number of aliphatic hydroxyl groups is 3. The fraction of sp³-hybridized carbons (Fsp3) is 0.500. The number of amides is 1. The Morgan fingerprint density at radius 1 is 1.09 bits per heavy atom. The van der Waals surface area contributed by atoms with Crippen LogP contribution in [-0.2, 0) is 25.4 Å². The summed E-state index contributed by atoms with van der Waals surface area (Å²) in [6, 6.07) is 3.39. The largest absolute Gasteiger partial charge is 0.507 e. The zero-order valence-corrected chi connectivity index (χ0v) is 25.9. The third kappa shape index (κ3) is 5.71. The van der Waals surface area contributed by atoms with Gasteiger partial charge in [-0.1, -0.05) is 12.1 Å². The molecule has 6 atom stereocenters. The highest BCUT2D eigenvalue weighted by Gasteiger charge is 2.50. The highest BCUT2D eigenvalue weighted by molar-refractivity contribution is 6.31. The number of hydrogen-bond acceptors (Lipinski definition) is 13. The summed E-state index contributed by atoms with van der Waals surface area (Å²) in [6.07, 6.45) is -6.87. The van der Waals surface area contributed by atoms with Gasteiger partial charge >= 0.3 is 6.09 Å². The van der Waals surface area contributed by atoms with Crippen LogP contribution in [0.15, 0.2) is 18.2 Å². The number of carbonyl (C=O) groups is 4. The van der Waals surface area contributed by atoms with Crippen molar-refractivity contribution >= 4 is 23.4 Å². The fourth-order valence-electron chi connectivity index (χ4n) is 6.32. The van der Waals surface area contributed by atoms with E-state index in [9.17, 15) is 44.7 Å². The number of phenols is 2. The van der Waals surface area contributed by atoms with Crippen molar-refractivity contribution in [3.63, 3.8) is 0 Å². The Bertz CT molecular complexity index is 1610. The van der Waals surface area contributed by atoms with Crippen LogP contribution in [0, 0.1) is 0 Å². The highest BCUT2D eigenvalue weighted by atomic mass is 16.7. The lowest BCUT2D eigenvalue weighted by Gasteiger charge is -2.42. The number of aromatic hydroxyl groups is 2. The second kappa shape index (κ2) is 11.9. The molecule has 1 heterocycles. The molecule has 14 nitrogen and oxygen atoms in total. The predicted octanol–water partition coefficient (Wildman–Crippen LogP) is 1.57. The van der Waals surface area contributed by atoms with E-state index in [4.69, 9.17) is 18.9 Å². The minimum absolute atomic E-state index is 0.0699. The molecule has 0 radical (unpaired) electrons. The SMILES string of the molecule is COc1cccc2c1C(=O)c1c(O)c3c(c(O)c1C2=O)C[C@@](O)(C(=O)CO)C[C@@H]3OC1CC(NC(=O)OC(C)(C)C)C(O)C(C)O1. The van der Waals surface area contributed by atoms with Crippen LogP contribution >= 0.6 is 0 Å². The molecule has 0 aromatic heterocycles. The van der Waals surface area contributed by atoms with E-state index in [1.807, 2.05) is 0 Å². The van der Waals surface area contributed by atoms with E-state index in [1.165, 1.54) is 32.2 Å². The van der Waals surface area contributed by atoms with Crippen LogP contribution in [-0.4, -0.2) is 98.4 Å². The van der Waals surface area contributed by atoms with Gasteiger partial charge in [0.2, 0.25) is 5.78 Å². The summed E-state index contributed by atoms with van der Waals surface area (Å²) in [5.41, 5.74) is -4.78. The molecule has 5 rings (SSSR count). The smallest absolute Gasteiger partial charge is 0.407 e. The summed E-state index contributed by atoms with van der Waals surface area (Å²) in [4.78, 5) is 52.7. The summed E-state index contributed by atoms with van der Waals surface area (Å²) >= 11 is 0. The van der Waals surface area contributed by atoms with E-state index in [0.717, 1.165) is 0 Å². The van der Waals surface area contributed by atoms with E-state index in [-0.39, 0.29) is 34.4 Å². The lowest BCUT2D eigenvalue weighted by Crippen LogP contribution is -2.56. The molecule has 0 spiro atoms. The number of nitrogens with one attached hydrogen (secondary N) is 1. The molecule has 3 aliphatic rings. The number of methoxy groups -OCH3 is 1. The van der Waals surface area contributed by atoms with Gasteiger partial charge in [-0.3, -0.25) is 14.4 Å². The summed E-state index contributed by atoms with van der Waals surface area (Å²) in [7, 11) is 1.31. The van der Waals surface area contributed by atoms with Crippen molar-refractivity contribution < 1.29 is 63.7 Å². The van der Waals surface area contributed by atoms with E-state index in [2.05, 4.69) is 5.32 Å². The third-order valence-electron chi connectivity index (χ3n) is 8.46.